The zero-order valence-corrected chi connectivity index (χ0v) is 16.6. The molecule has 0 spiro atoms. The molecule has 1 aromatic rings. The number of aliphatic imine (C=N–C) groups is 1. The summed E-state index contributed by atoms with van der Waals surface area (Å²) in [4.78, 5) is 9.78. The maximum atomic E-state index is 5.05. The average molecular weight is 354 g/mol. The fourth-order valence-corrected chi connectivity index (χ4v) is 3.56. The fourth-order valence-electron chi connectivity index (χ4n) is 3.56. The molecule has 140 valence electrons. The van der Waals surface area contributed by atoms with Gasteiger partial charge in [-0.15, -0.1) is 6.58 Å². The average Bonchev–Trinajstić information content (AvgIpc) is 2.63. The van der Waals surface area contributed by atoms with E-state index in [9.17, 15) is 0 Å². The maximum Gasteiger partial charge on any atom is 0.223 e. The molecule has 5 nitrogen and oxygen atoms in total. The van der Waals surface area contributed by atoms with Gasteiger partial charge in [-0.25, -0.2) is 10.0 Å². The van der Waals surface area contributed by atoms with E-state index in [-0.39, 0.29) is 6.04 Å². The molecule has 1 fully saturated rings. The molecule has 0 radical (unpaired) electrons. The molecule has 0 aromatic heterocycles. The highest BCUT2D eigenvalue weighted by molar-refractivity contribution is 5.88. The van der Waals surface area contributed by atoms with Crippen LogP contribution >= 0.6 is 0 Å². The van der Waals surface area contributed by atoms with Crippen molar-refractivity contribution in [3.05, 3.63) is 42.0 Å². The van der Waals surface area contributed by atoms with E-state index in [0.29, 0.717) is 0 Å². The summed E-state index contributed by atoms with van der Waals surface area (Å²) < 4.78 is 0. The molecular formula is C21H31N5. The monoisotopic (exact) mass is 353 g/mol. The number of aryl methyl sites for hydroxylation is 1. The number of hydrazone groups is 1. The van der Waals surface area contributed by atoms with Gasteiger partial charge in [-0.05, 0) is 45.4 Å². The number of fused-ring (bicyclic) bond motifs is 1. The third-order valence-electron chi connectivity index (χ3n) is 5.06. The van der Waals surface area contributed by atoms with Crippen LogP contribution in [0.15, 0.2) is 40.9 Å². The Hall–Kier alpha value is -2.14. The number of benzene rings is 1. The van der Waals surface area contributed by atoms with E-state index in [1.54, 1.807) is 0 Å². The van der Waals surface area contributed by atoms with E-state index in [2.05, 4.69) is 53.6 Å². The summed E-state index contributed by atoms with van der Waals surface area (Å²) in [6.45, 7) is 14.3. The largest absolute Gasteiger partial charge is 0.338 e. The van der Waals surface area contributed by atoms with Crippen LogP contribution in [0.1, 0.15) is 44.4 Å². The number of piperazine rings is 1. The molecule has 1 atom stereocenters. The Morgan fingerprint density at radius 1 is 1.27 bits per heavy atom. The Morgan fingerprint density at radius 2 is 2.00 bits per heavy atom. The molecule has 0 aliphatic carbocycles. The van der Waals surface area contributed by atoms with E-state index in [4.69, 9.17) is 10.1 Å². The first-order valence-corrected chi connectivity index (χ1v) is 9.60. The summed E-state index contributed by atoms with van der Waals surface area (Å²) in [5.41, 5.74) is 4.71. The van der Waals surface area contributed by atoms with Gasteiger partial charge < -0.3 is 9.80 Å². The van der Waals surface area contributed by atoms with Crippen LogP contribution in [0.3, 0.4) is 0 Å². The van der Waals surface area contributed by atoms with Crippen LogP contribution in [0.25, 0.3) is 0 Å². The molecular weight excluding hydrogens is 322 g/mol. The summed E-state index contributed by atoms with van der Waals surface area (Å²) in [6, 6.07) is 6.80. The summed E-state index contributed by atoms with van der Waals surface area (Å²) in [6.07, 6.45) is 3.87. The van der Waals surface area contributed by atoms with Crippen molar-refractivity contribution in [2.24, 2.45) is 10.1 Å². The molecule has 2 heterocycles. The van der Waals surface area contributed by atoms with Gasteiger partial charge in [0.05, 0.1) is 11.7 Å². The van der Waals surface area contributed by atoms with Gasteiger partial charge in [0.2, 0.25) is 5.96 Å². The van der Waals surface area contributed by atoms with Gasteiger partial charge in [-0.2, -0.15) is 5.10 Å². The van der Waals surface area contributed by atoms with Crippen molar-refractivity contribution >= 4 is 17.4 Å². The van der Waals surface area contributed by atoms with E-state index in [0.717, 1.165) is 56.4 Å². The highest BCUT2D eigenvalue weighted by atomic mass is 15.6. The summed E-state index contributed by atoms with van der Waals surface area (Å²) >= 11 is 0. The van der Waals surface area contributed by atoms with Crippen LogP contribution in [0.4, 0.5) is 5.69 Å². The molecule has 0 amide bonds. The van der Waals surface area contributed by atoms with Gasteiger partial charge in [-0.3, -0.25) is 0 Å². The Morgan fingerprint density at radius 3 is 2.62 bits per heavy atom. The van der Waals surface area contributed by atoms with Gasteiger partial charge in [0.1, 0.15) is 0 Å². The number of hydrogen-bond donors (Lipinski definition) is 0. The van der Waals surface area contributed by atoms with Crippen LogP contribution in [-0.2, 0) is 6.42 Å². The highest BCUT2D eigenvalue weighted by Crippen LogP contribution is 2.39. The topological polar surface area (TPSA) is 34.4 Å². The summed E-state index contributed by atoms with van der Waals surface area (Å²) in [5.74, 6) is 0.975. The molecule has 2 aliphatic heterocycles. The lowest BCUT2D eigenvalue weighted by molar-refractivity contribution is 0.184. The lowest BCUT2D eigenvalue weighted by Gasteiger charge is -2.42. The van der Waals surface area contributed by atoms with Crippen molar-refractivity contribution < 1.29 is 0 Å². The normalized spacial score (nSPS) is 20.5. The third kappa shape index (κ3) is 3.83. The molecule has 1 unspecified atom stereocenters. The Balaban J connectivity index is 2.07. The standard InChI is InChI=1S/C21H31N5/c1-6-8-20-18-15-17(7-2)9-10-19(18)22-21(26(20)23-16(3)4)25-13-11-24(5)12-14-25/h6,9-10,15,20H,1,7-8,11-14H2,2-5H3. The first-order valence-electron chi connectivity index (χ1n) is 9.60. The first kappa shape index (κ1) is 18.6. The van der Waals surface area contributed by atoms with Crippen LogP contribution in [-0.4, -0.2) is 59.7 Å². The molecule has 5 heteroatoms. The summed E-state index contributed by atoms with van der Waals surface area (Å²) in [7, 11) is 2.17. The molecule has 3 rings (SSSR count). The minimum absolute atomic E-state index is 0.149. The number of likely N-dealkylation sites (N-methyl/N-ethyl adjacent to an activating group) is 1. The van der Waals surface area contributed by atoms with Gasteiger partial charge in [0.15, 0.2) is 0 Å². The molecule has 2 aliphatic rings. The van der Waals surface area contributed by atoms with Crippen molar-refractivity contribution in [1.82, 2.24) is 14.8 Å². The van der Waals surface area contributed by atoms with Crippen molar-refractivity contribution in [2.75, 3.05) is 33.2 Å². The zero-order chi connectivity index (χ0) is 18.7. The van der Waals surface area contributed by atoms with Crippen LogP contribution < -0.4 is 0 Å². The molecule has 1 aromatic carbocycles. The van der Waals surface area contributed by atoms with E-state index < -0.39 is 0 Å². The SMILES string of the molecule is C=CCC1c2cc(CC)ccc2N=C(N2CCN(C)CC2)N1N=C(C)C. The van der Waals surface area contributed by atoms with Gasteiger partial charge in [0, 0.05) is 37.5 Å². The van der Waals surface area contributed by atoms with Crippen molar-refractivity contribution in [2.45, 2.75) is 39.7 Å². The lowest BCUT2D eigenvalue weighted by Crippen LogP contribution is -2.53. The Kier molecular flexibility index (Phi) is 5.77. The van der Waals surface area contributed by atoms with Crippen LogP contribution in [0.2, 0.25) is 0 Å². The smallest absolute Gasteiger partial charge is 0.223 e. The minimum atomic E-state index is 0.149. The Bertz CT molecular complexity index is 709. The van der Waals surface area contributed by atoms with Crippen molar-refractivity contribution in [3.8, 4) is 0 Å². The lowest BCUT2D eigenvalue weighted by atomic mass is 9.96. The molecule has 0 N–H and O–H groups in total. The second-order valence-electron chi connectivity index (χ2n) is 7.38. The van der Waals surface area contributed by atoms with Gasteiger partial charge in [-0.1, -0.05) is 25.1 Å². The van der Waals surface area contributed by atoms with Crippen LogP contribution in [0, 0.1) is 0 Å². The second kappa shape index (κ2) is 8.04. The molecule has 0 saturated carbocycles. The molecule has 0 bridgehead atoms. The van der Waals surface area contributed by atoms with Crippen molar-refractivity contribution in [3.63, 3.8) is 0 Å². The first-order chi connectivity index (χ1) is 12.5. The van der Waals surface area contributed by atoms with Gasteiger partial charge in [0.25, 0.3) is 0 Å². The minimum Gasteiger partial charge on any atom is -0.338 e. The van der Waals surface area contributed by atoms with Crippen molar-refractivity contribution in [1.29, 1.82) is 0 Å². The number of hydrogen-bond acceptors (Lipinski definition) is 5. The third-order valence-corrected chi connectivity index (χ3v) is 5.06. The molecule has 1 saturated heterocycles. The van der Waals surface area contributed by atoms with E-state index >= 15 is 0 Å². The molecule has 26 heavy (non-hydrogen) atoms. The Labute approximate surface area is 157 Å². The summed E-state index contributed by atoms with van der Waals surface area (Å²) in [5, 5.41) is 7.01. The predicted octanol–water partition coefficient (Wildman–Crippen LogP) is 3.81. The fraction of sp³-hybridized carbons (Fsp3) is 0.524. The zero-order valence-electron chi connectivity index (χ0n) is 16.6. The van der Waals surface area contributed by atoms with E-state index in [1.165, 1.54) is 11.1 Å². The second-order valence-corrected chi connectivity index (χ2v) is 7.38. The number of rotatable bonds is 4. The number of nitrogens with zero attached hydrogens (tertiary/aromatic N) is 5. The number of guanidine groups is 1. The van der Waals surface area contributed by atoms with Gasteiger partial charge >= 0.3 is 0 Å². The quantitative estimate of drug-likeness (QED) is 0.610. The van der Waals surface area contributed by atoms with Crippen LogP contribution in [0.5, 0.6) is 0 Å². The highest BCUT2D eigenvalue weighted by Gasteiger charge is 2.33. The van der Waals surface area contributed by atoms with E-state index in [1.807, 2.05) is 19.9 Å². The maximum absolute atomic E-state index is 5.05. The predicted molar refractivity (Wildman–Crippen MR) is 110 cm³/mol.